The molecule has 0 radical (unpaired) electrons. The lowest BCUT2D eigenvalue weighted by Crippen LogP contribution is -2.48. The number of hydrogen-bond acceptors (Lipinski definition) is 4. The van der Waals surface area contributed by atoms with Crippen LogP contribution in [0.2, 0.25) is 0 Å². The molecule has 0 aliphatic carbocycles. The summed E-state index contributed by atoms with van der Waals surface area (Å²) < 4.78 is 34.8. The lowest BCUT2D eigenvalue weighted by atomic mass is 10.1. The Bertz CT molecular complexity index is 620. The van der Waals surface area contributed by atoms with Crippen molar-refractivity contribution in [3.05, 3.63) is 23.8 Å². The molecule has 6 nitrogen and oxygen atoms in total. The zero-order valence-corrected chi connectivity index (χ0v) is 17.0. The van der Waals surface area contributed by atoms with Gasteiger partial charge in [-0.1, -0.05) is 13.0 Å². The Morgan fingerprint density at radius 3 is 2.61 bits per heavy atom. The number of rotatable bonds is 9. The molecule has 0 amide bonds. The van der Waals surface area contributed by atoms with Crippen LogP contribution in [-0.2, 0) is 6.54 Å². The van der Waals surface area contributed by atoms with Crippen molar-refractivity contribution in [1.29, 1.82) is 0 Å². The van der Waals surface area contributed by atoms with Crippen LogP contribution in [0.3, 0.4) is 0 Å². The number of benzene rings is 1. The summed E-state index contributed by atoms with van der Waals surface area (Å²) in [5.41, 5.74) is 0.770. The van der Waals surface area contributed by atoms with Crippen molar-refractivity contribution >= 4 is 5.96 Å². The molecule has 1 saturated heterocycles. The molecular weight excluding hydrogens is 366 g/mol. The van der Waals surface area contributed by atoms with Crippen LogP contribution >= 0.6 is 0 Å². The molecule has 158 valence electrons. The summed E-state index contributed by atoms with van der Waals surface area (Å²) in [4.78, 5) is 7.10. The molecule has 0 atom stereocenters. The van der Waals surface area contributed by atoms with E-state index in [2.05, 4.69) is 32.2 Å². The molecule has 1 aliphatic rings. The zero-order valence-electron chi connectivity index (χ0n) is 17.0. The van der Waals surface area contributed by atoms with Gasteiger partial charge in [-0.05, 0) is 50.4 Å². The predicted molar refractivity (Wildman–Crippen MR) is 107 cm³/mol. The molecule has 1 aromatic carbocycles. The fourth-order valence-electron chi connectivity index (χ4n) is 3.31. The minimum absolute atomic E-state index is 0.0199. The van der Waals surface area contributed by atoms with Crippen molar-refractivity contribution in [1.82, 2.24) is 15.5 Å². The monoisotopic (exact) mass is 398 g/mol. The van der Waals surface area contributed by atoms with Gasteiger partial charge in [0.05, 0.1) is 13.7 Å². The van der Waals surface area contributed by atoms with Gasteiger partial charge in [0, 0.05) is 25.7 Å². The van der Waals surface area contributed by atoms with Crippen LogP contribution in [-0.4, -0.2) is 56.8 Å². The fourth-order valence-corrected chi connectivity index (χ4v) is 3.31. The summed E-state index contributed by atoms with van der Waals surface area (Å²) in [5.74, 6) is 1.03. The maximum Gasteiger partial charge on any atom is 0.387 e. The van der Waals surface area contributed by atoms with Crippen molar-refractivity contribution in [2.24, 2.45) is 4.99 Å². The third kappa shape index (κ3) is 7.14. The molecule has 0 unspecified atom stereocenters. The lowest BCUT2D eigenvalue weighted by Gasteiger charge is -2.32. The highest BCUT2D eigenvalue weighted by atomic mass is 19.3. The number of alkyl halides is 2. The maximum atomic E-state index is 12.6. The molecule has 0 bridgehead atoms. The largest absolute Gasteiger partial charge is 0.493 e. The Labute approximate surface area is 166 Å². The zero-order chi connectivity index (χ0) is 20.4. The van der Waals surface area contributed by atoms with Crippen LogP contribution in [0, 0.1) is 0 Å². The van der Waals surface area contributed by atoms with Crippen molar-refractivity contribution < 1.29 is 18.3 Å². The number of aliphatic imine (C=N–C) groups is 1. The van der Waals surface area contributed by atoms with Crippen molar-refractivity contribution in [3.8, 4) is 11.5 Å². The first-order valence-corrected chi connectivity index (χ1v) is 9.94. The molecule has 1 aliphatic heterocycles. The maximum absolute atomic E-state index is 12.6. The molecule has 1 fully saturated rings. The van der Waals surface area contributed by atoms with E-state index in [0.717, 1.165) is 50.5 Å². The number of halogens is 2. The van der Waals surface area contributed by atoms with E-state index in [9.17, 15) is 8.78 Å². The van der Waals surface area contributed by atoms with E-state index in [1.54, 1.807) is 18.2 Å². The molecule has 1 aromatic rings. The SMILES string of the molecule is CCCN1CCC(NC(=NCc2ccc(OC)c(OC(F)F)c2)NCC)CC1. The first-order chi connectivity index (χ1) is 13.5. The van der Waals surface area contributed by atoms with Gasteiger partial charge in [-0.2, -0.15) is 8.78 Å². The predicted octanol–water partition coefficient (Wildman–Crippen LogP) is 3.23. The molecular formula is C20H32F2N4O2. The smallest absolute Gasteiger partial charge is 0.387 e. The summed E-state index contributed by atoms with van der Waals surface area (Å²) in [5, 5.41) is 6.75. The third-order valence-corrected chi connectivity index (χ3v) is 4.68. The molecule has 0 aromatic heterocycles. The quantitative estimate of drug-likeness (QED) is 0.494. The lowest BCUT2D eigenvalue weighted by molar-refractivity contribution is -0.0512. The number of piperidine rings is 1. The van der Waals surface area contributed by atoms with Crippen LogP contribution in [0.4, 0.5) is 8.78 Å². The molecule has 0 saturated carbocycles. The van der Waals surface area contributed by atoms with E-state index in [1.165, 1.54) is 13.5 Å². The number of methoxy groups -OCH3 is 1. The average molecular weight is 398 g/mol. The molecule has 28 heavy (non-hydrogen) atoms. The molecule has 2 N–H and O–H groups in total. The highest BCUT2D eigenvalue weighted by Gasteiger charge is 2.19. The number of likely N-dealkylation sites (tertiary alicyclic amines) is 1. The Morgan fingerprint density at radius 1 is 1.25 bits per heavy atom. The van der Waals surface area contributed by atoms with Gasteiger partial charge in [0.15, 0.2) is 17.5 Å². The van der Waals surface area contributed by atoms with Crippen LogP contribution in [0.25, 0.3) is 0 Å². The number of hydrogen-bond donors (Lipinski definition) is 2. The summed E-state index contributed by atoms with van der Waals surface area (Å²) in [6, 6.07) is 5.35. The first kappa shape index (κ1) is 22.2. The topological polar surface area (TPSA) is 58.1 Å². The van der Waals surface area contributed by atoms with Gasteiger partial charge in [-0.25, -0.2) is 4.99 Å². The second kappa shape index (κ2) is 11.7. The van der Waals surface area contributed by atoms with E-state index in [1.807, 2.05) is 6.92 Å². The second-order valence-electron chi connectivity index (χ2n) is 6.82. The summed E-state index contributed by atoms with van der Waals surface area (Å²) in [6.45, 7) is 5.78. The van der Waals surface area contributed by atoms with Crippen LogP contribution in [0.15, 0.2) is 23.2 Å². The van der Waals surface area contributed by atoms with Crippen molar-refractivity contribution in [2.45, 2.75) is 52.3 Å². The summed E-state index contributed by atoms with van der Waals surface area (Å²) in [6.07, 6.45) is 3.35. The van der Waals surface area contributed by atoms with Gasteiger partial charge < -0.3 is 25.0 Å². The molecule has 0 spiro atoms. The van der Waals surface area contributed by atoms with Crippen LogP contribution < -0.4 is 20.1 Å². The van der Waals surface area contributed by atoms with Gasteiger partial charge in [0.2, 0.25) is 0 Å². The van der Waals surface area contributed by atoms with E-state index in [-0.39, 0.29) is 11.5 Å². The Kier molecular flexibility index (Phi) is 9.27. The van der Waals surface area contributed by atoms with Gasteiger partial charge in [-0.3, -0.25) is 0 Å². The van der Waals surface area contributed by atoms with Gasteiger partial charge >= 0.3 is 6.61 Å². The van der Waals surface area contributed by atoms with E-state index in [4.69, 9.17) is 4.74 Å². The van der Waals surface area contributed by atoms with Crippen molar-refractivity contribution in [3.63, 3.8) is 0 Å². The van der Waals surface area contributed by atoms with Gasteiger partial charge in [0.1, 0.15) is 0 Å². The first-order valence-electron chi connectivity index (χ1n) is 9.94. The van der Waals surface area contributed by atoms with Crippen LogP contribution in [0.1, 0.15) is 38.7 Å². The fraction of sp³-hybridized carbons (Fsp3) is 0.650. The number of nitrogens with one attached hydrogen (secondary N) is 2. The van der Waals surface area contributed by atoms with E-state index in [0.29, 0.717) is 12.6 Å². The minimum atomic E-state index is -2.90. The van der Waals surface area contributed by atoms with Gasteiger partial charge in [-0.15, -0.1) is 0 Å². The highest BCUT2D eigenvalue weighted by Crippen LogP contribution is 2.29. The summed E-state index contributed by atoms with van der Waals surface area (Å²) in [7, 11) is 1.42. The minimum Gasteiger partial charge on any atom is -0.493 e. The standard InChI is InChI=1S/C20H32F2N4O2/c1-4-10-26-11-8-16(9-12-26)25-20(23-5-2)24-14-15-6-7-17(27-3)18(13-15)28-19(21)22/h6-7,13,16,19H,4-5,8-12,14H2,1-3H3,(H2,23,24,25). The molecule has 2 rings (SSSR count). The Balaban J connectivity index is 1.98. The average Bonchev–Trinajstić information content (AvgIpc) is 2.68. The van der Waals surface area contributed by atoms with Gasteiger partial charge in [0.25, 0.3) is 0 Å². The number of nitrogens with zero attached hydrogens (tertiary/aromatic N) is 2. The Hall–Kier alpha value is -2.09. The van der Waals surface area contributed by atoms with E-state index >= 15 is 0 Å². The van der Waals surface area contributed by atoms with Crippen molar-refractivity contribution in [2.75, 3.05) is 33.3 Å². The number of ether oxygens (including phenoxy) is 2. The van der Waals surface area contributed by atoms with Crippen LogP contribution in [0.5, 0.6) is 11.5 Å². The summed E-state index contributed by atoms with van der Waals surface area (Å²) >= 11 is 0. The molecule has 1 heterocycles. The molecule has 8 heteroatoms. The second-order valence-corrected chi connectivity index (χ2v) is 6.82. The normalized spacial score (nSPS) is 16.3. The van der Waals surface area contributed by atoms with E-state index < -0.39 is 6.61 Å². The highest BCUT2D eigenvalue weighted by molar-refractivity contribution is 5.80. The Morgan fingerprint density at radius 2 is 2.00 bits per heavy atom. The number of guanidine groups is 1. The third-order valence-electron chi connectivity index (χ3n) is 4.68.